The smallest absolute Gasteiger partial charge is 0.418 e. The minimum Gasteiger partial charge on any atom is -0.494 e. The number of halogens is 4. The molecule has 0 unspecified atom stereocenters. The third kappa shape index (κ3) is 3.81. The Morgan fingerprint density at radius 3 is 2.62 bits per heavy atom. The molecule has 0 saturated carbocycles. The monoisotopic (exact) mass is 342 g/mol. The van der Waals surface area contributed by atoms with Crippen molar-refractivity contribution < 1.29 is 27.1 Å². The molecule has 0 saturated heterocycles. The Kier molecular flexibility index (Phi) is 5.06. The van der Waals surface area contributed by atoms with Crippen LogP contribution in [0, 0.1) is 5.82 Å². The summed E-state index contributed by atoms with van der Waals surface area (Å²) < 4.78 is 57.0. The Hall–Kier alpha value is -2.64. The number of methoxy groups -OCH3 is 1. The quantitative estimate of drug-likeness (QED) is 0.861. The minimum absolute atomic E-state index is 0.0199. The predicted octanol–water partition coefficient (Wildman–Crippen LogP) is 3.74. The highest BCUT2D eigenvalue weighted by Crippen LogP contribution is 2.31. The van der Waals surface area contributed by atoms with Crippen LogP contribution in [0.15, 0.2) is 36.7 Å². The highest BCUT2D eigenvalue weighted by Gasteiger charge is 2.35. The highest BCUT2D eigenvalue weighted by atomic mass is 19.4. The van der Waals surface area contributed by atoms with Gasteiger partial charge in [0.2, 0.25) is 0 Å². The van der Waals surface area contributed by atoms with Gasteiger partial charge in [-0.15, -0.1) is 0 Å². The molecule has 1 heterocycles. The largest absolute Gasteiger partial charge is 0.494 e. The molecule has 2 aromatic rings. The first-order valence-electron chi connectivity index (χ1n) is 6.89. The number of aromatic nitrogens is 1. The second kappa shape index (κ2) is 6.86. The van der Waals surface area contributed by atoms with Gasteiger partial charge in [-0.3, -0.25) is 9.78 Å². The summed E-state index contributed by atoms with van der Waals surface area (Å²) in [4.78, 5) is 15.6. The Labute approximate surface area is 135 Å². The van der Waals surface area contributed by atoms with E-state index in [4.69, 9.17) is 4.74 Å². The average Bonchev–Trinajstić information content (AvgIpc) is 2.54. The van der Waals surface area contributed by atoms with Crippen molar-refractivity contribution in [1.29, 1.82) is 0 Å². The van der Waals surface area contributed by atoms with Crippen molar-refractivity contribution in [3.05, 3.63) is 59.2 Å². The van der Waals surface area contributed by atoms with Gasteiger partial charge in [-0.05, 0) is 30.7 Å². The molecule has 0 fully saturated rings. The van der Waals surface area contributed by atoms with Crippen molar-refractivity contribution in [1.82, 2.24) is 10.3 Å². The Balaban J connectivity index is 2.24. The molecule has 24 heavy (non-hydrogen) atoms. The fourth-order valence-electron chi connectivity index (χ4n) is 2.12. The molecular weight excluding hydrogens is 328 g/mol. The van der Waals surface area contributed by atoms with E-state index in [1.807, 2.05) is 0 Å². The fraction of sp³-hybridized carbons (Fsp3) is 0.250. The SMILES string of the molecule is COc1cc([C@H](C)NC(=O)c2ccncc2C(F)(F)F)ccc1F. The van der Waals surface area contributed by atoms with Crippen molar-refractivity contribution in [2.75, 3.05) is 7.11 Å². The second-order valence-corrected chi connectivity index (χ2v) is 5.01. The normalized spacial score (nSPS) is 12.6. The summed E-state index contributed by atoms with van der Waals surface area (Å²) in [5.74, 6) is -1.50. The second-order valence-electron chi connectivity index (χ2n) is 5.01. The lowest BCUT2D eigenvalue weighted by Gasteiger charge is -2.17. The van der Waals surface area contributed by atoms with Crippen LogP contribution in [0.4, 0.5) is 17.6 Å². The number of nitrogens with zero attached hydrogens (tertiary/aromatic N) is 1. The molecule has 0 aliphatic rings. The van der Waals surface area contributed by atoms with Crippen molar-refractivity contribution in [2.24, 2.45) is 0 Å². The van der Waals surface area contributed by atoms with Crippen LogP contribution >= 0.6 is 0 Å². The molecular formula is C16H14F4N2O2. The Morgan fingerprint density at radius 2 is 2.00 bits per heavy atom. The maximum absolute atomic E-state index is 13.4. The molecule has 8 heteroatoms. The standard InChI is InChI=1S/C16H14F4N2O2/c1-9(10-3-4-13(17)14(7-10)24-2)22-15(23)11-5-6-21-8-12(11)16(18,19)20/h3-9H,1-2H3,(H,22,23)/t9-/m0/s1. The molecule has 1 aromatic carbocycles. The molecule has 0 aliphatic heterocycles. The van der Waals surface area contributed by atoms with Gasteiger partial charge >= 0.3 is 6.18 Å². The third-order valence-electron chi connectivity index (χ3n) is 3.39. The molecule has 0 spiro atoms. The van der Waals surface area contributed by atoms with Crippen LogP contribution in [0.2, 0.25) is 0 Å². The molecule has 0 bridgehead atoms. The van der Waals surface area contributed by atoms with Crippen LogP contribution in [-0.2, 0) is 6.18 Å². The number of amides is 1. The molecule has 4 nitrogen and oxygen atoms in total. The van der Waals surface area contributed by atoms with Gasteiger partial charge in [0.1, 0.15) is 0 Å². The van der Waals surface area contributed by atoms with Gasteiger partial charge in [0.05, 0.1) is 24.3 Å². The minimum atomic E-state index is -4.69. The fourth-order valence-corrected chi connectivity index (χ4v) is 2.12. The Morgan fingerprint density at radius 1 is 1.29 bits per heavy atom. The van der Waals surface area contributed by atoms with E-state index in [0.717, 1.165) is 18.3 Å². The third-order valence-corrected chi connectivity index (χ3v) is 3.39. The number of carbonyl (C=O) groups is 1. The van der Waals surface area contributed by atoms with E-state index in [0.29, 0.717) is 11.8 Å². The molecule has 2 rings (SSSR count). The number of nitrogens with one attached hydrogen (secondary N) is 1. The van der Waals surface area contributed by atoms with Gasteiger partial charge in [-0.2, -0.15) is 13.2 Å². The molecule has 0 aliphatic carbocycles. The first-order valence-corrected chi connectivity index (χ1v) is 6.89. The molecule has 1 aromatic heterocycles. The maximum atomic E-state index is 13.4. The molecule has 128 valence electrons. The van der Waals surface area contributed by atoms with Crippen molar-refractivity contribution in [3.8, 4) is 5.75 Å². The number of benzene rings is 1. The van der Waals surface area contributed by atoms with E-state index >= 15 is 0 Å². The van der Waals surface area contributed by atoms with Crippen LogP contribution in [0.5, 0.6) is 5.75 Å². The van der Waals surface area contributed by atoms with Crippen molar-refractivity contribution in [3.63, 3.8) is 0 Å². The van der Waals surface area contributed by atoms with E-state index in [1.165, 1.54) is 19.2 Å². The molecule has 1 atom stereocenters. The van der Waals surface area contributed by atoms with Gasteiger partial charge in [0.25, 0.3) is 5.91 Å². The van der Waals surface area contributed by atoms with Gasteiger partial charge in [0, 0.05) is 12.4 Å². The lowest BCUT2D eigenvalue weighted by Crippen LogP contribution is -2.29. The summed E-state index contributed by atoms with van der Waals surface area (Å²) in [7, 11) is 1.29. The van der Waals surface area contributed by atoms with Gasteiger partial charge < -0.3 is 10.1 Å². The zero-order chi connectivity index (χ0) is 17.9. The number of carbonyl (C=O) groups excluding carboxylic acids is 1. The van der Waals surface area contributed by atoms with Crippen LogP contribution in [0.3, 0.4) is 0 Å². The number of pyridine rings is 1. The first-order chi connectivity index (χ1) is 11.2. The zero-order valence-corrected chi connectivity index (χ0v) is 12.8. The van der Waals surface area contributed by atoms with E-state index in [-0.39, 0.29) is 5.75 Å². The summed E-state index contributed by atoms with van der Waals surface area (Å²) in [6.07, 6.45) is -2.99. The molecule has 1 N–H and O–H groups in total. The lowest BCUT2D eigenvalue weighted by molar-refractivity contribution is -0.138. The average molecular weight is 342 g/mol. The van der Waals surface area contributed by atoms with E-state index in [1.54, 1.807) is 6.92 Å². The molecule has 0 radical (unpaired) electrons. The van der Waals surface area contributed by atoms with Gasteiger partial charge in [-0.1, -0.05) is 6.07 Å². The van der Waals surface area contributed by atoms with Crippen LogP contribution in [0.25, 0.3) is 0 Å². The summed E-state index contributed by atoms with van der Waals surface area (Å²) in [5, 5.41) is 2.45. The number of rotatable bonds is 4. The summed E-state index contributed by atoms with van der Waals surface area (Å²) in [6.45, 7) is 1.57. The first kappa shape index (κ1) is 17.7. The number of hydrogen-bond donors (Lipinski definition) is 1. The highest BCUT2D eigenvalue weighted by molar-refractivity contribution is 5.96. The predicted molar refractivity (Wildman–Crippen MR) is 78.1 cm³/mol. The number of ether oxygens (including phenoxy) is 1. The number of hydrogen-bond acceptors (Lipinski definition) is 3. The van der Waals surface area contributed by atoms with Crippen molar-refractivity contribution >= 4 is 5.91 Å². The van der Waals surface area contributed by atoms with E-state index < -0.39 is 35.1 Å². The number of alkyl halides is 3. The Bertz CT molecular complexity index is 747. The maximum Gasteiger partial charge on any atom is 0.418 e. The van der Waals surface area contributed by atoms with Crippen LogP contribution in [0.1, 0.15) is 34.5 Å². The van der Waals surface area contributed by atoms with Crippen LogP contribution in [-0.4, -0.2) is 18.0 Å². The van der Waals surface area contributed by atoms with Gasteiger partial charge in [-0.25, -0.2) is 4.39 Å². The van der Waals surface area contributed by atoms with E-state index in [2.05, 4.69) is 10.3 Å². The van der Waals surface area contributed by atoms with E-state index in [9.17, 15) is 22.4 Å². The topological polar surface area (TPSA) is 51.2 Å². The van der Waals surface area contributed by atoms with Crippen LogP contribution < -0.4 is 10.1 Å². The summed E-state index contributed by atoms with van der Waals surface area (Å²) >= 11 is 0. The van der Waals surface area contributed by atoms with Gasteiger partial charge in [0.15, 0.2) is 11.6 Å². The zero-order valence-electron chi connectivity index (χ0n) is 12.8. The summed E-state index contributed by atoms with van der Waals surface area (Å²) in [5.41, 5.74) is -1.16. The van der Waals surface area contributed by atoms with Crippen molar-refractivity contribution in [2.45, 2.75) is 19.1 Å². The molecule has 1 amide bonds. The lowest BCUT2D eigenvalue weighted by atomic mass is 10.1. The summed E-state index contributed by atoms with van der Waals surface area (Å²) in [6, 6.07) is 4.29.